The number of amides is 1. The first kappa shape index (κ1) is 15.1. The summed E-state index contributed by atoms with van der Waals surface area (Å²) in [5.74, 6) is -0.329. The van der Waals surface area contributed by atoms with Crippen molar-refractivity contribution >= 4 is 22.9 Å². The third kappa shape index (κ3) is 3.83. The van der Waals surface area contributed by atoms with Gasteiger partial charge in [-0.15, -0.1) is 11.3 Å². The molecule has 0 aliphatic rings. The average molecular weight is 306 g/mol. The Morgan fingerprint density at radius 2 is 2.33 bits per heavy atom. The Hall–Kier alpha value is -2.32. The fraction of sp³-hybridized carbons (Fsp3) is 0.231. The molecule has 0 spiro atoms. The van der Waals surface area contributed by atoms with Crippen molar-refractivity contribution in [1.82, 2.24) is 10.3 Å². The summed E-state index contributed by atoms with van der Waals surface area (Å²) < 4.78 is 0. The highest BCUT2D eigenvalue weighted by Gasteiger charge is 2.13. The molecule has 8 heteroatoms. The third-order valence-electron chi connectivity index (χ3n) is 2.72. The fourth-order valence-electron chi connectivity index (χ4n) is 1.65. The van der Waals surface area contributed by atoms with Crippen LogP contribution in [0.3, 0.4) is 0 Å². The summed E-state index contributed by atoms with van der Waals surface area (Å²) in [5, 5.41) is 15.7. The SMILES string of the molecule is CC(N)c1nc(C(=O)NCc2cccc([N+](=O)[O-])c2)cs1. The van der Waals surface area contributed by atoms with Crippen LogP contribution in [0.5, 0.6) is 0 Å². The van der Waals surface area contributed by atoms with Crippen LogP contribution in [0.25, 0.3) is 0 Å². The van der Waals surface area contributed by atoms with Crippen molar-refractivity contribution in [2.75, 3.05) is 0 Å². The molecule has 0 saturated heterocycles. The summed E-state index contributed by atoms with van der Waals surface area (Å²) in [5.41, 5.74) is 6.64. The van der Waals surface area contributed by atoms with Crippen molar-refractivity contribution in [3.05, 3.63) is 56.0 Å². The van der Waals surface area contributed by atoms with E-state index in [0.29, 0.717) is 16.3 Å². The Morgan fingerprint density at radius 3 is 2.95 bits per heavy atom. The minimum atomic E-state index is -0.472. The van der Waals surface area contributed by atoms with Gasteiger partial charge in [-0.2, -0.15) is 0 Å². The lowest BCUT2D eigenvalue weighted by atomic mass is 10.2. The van der Waals surface area contributed by atoms with Crippen molar-refractivity contribution in [3.8, 4) is 0 Å². The number of rotatable bonds is 5. The van der Waals surface area contributed by atoms with Gasteiger partial charge in [0.05, 0.1) is 11.0 Å². The number of carbonyl (C=O) groups is 1. The molecule has 1 heterocycles. The van der Waals surface area contributed by atoms with Crippen molar-refractivity contribution in [2.24, 2.45) is 5.73 Å². The zero-order chi connectivity index (χ0) is 15.4. The number of nitrogens with one attached hydrogen (secondary N) is 1. The highest BCUT2D eigenvalue weighted by atomic mass is 32.1. The summed E-state index contributed by atoms with van der Waals surface area (Å²) in [7, 11) is 0. The Kier molecular flexibility index (Phi) is 4.61. The molecule has 2 aromatic rings. The second-order valence-corrected chi connectivity index (χ2v) is 5.36. The molecule has 0 bridgehead atoms. The molecule has 1 aromatic carbocycles. The molecule has 1 amide bonds. The Labute approximate surface area is 125 Å². The summed E-state index contributed by atoms with van der Waals surface area (Å²) >= 11 is 1.33. The summed E-state index contributed by atoms with van der Waals surface area (Å²) in [4.78, 5) is 26.3. The molecule has 1 aromatic heterocycles. The molecular weight excluding hydrogens is 292 g/mol. The standard InChI is InChI=1S/C13H14N4O3S/c1-8(14)13-16-11(7-21-13)12(18)15-6-9-3-2-4-10(5-9)17(19)20/h2-5,7-8H,6,14H2,1H3,(H,15,18). The number of nitrogens with two attached hydrogens (primary N) is 1. The van der Waals surface area contributed by atoms with Crippen molar-refractivity contribution in [1.29, 1.82) is 0 Å². The van der Waals surface area contributed by atoms with Gasteiger partial charge >= 0.3 is 0 Å². The zero-order valence-corrected chi connectivity index (χ0v) is 12.1. The number of hydrogen-bond donors (Lipinski definition) is 2. The smallest absolute Gasteiger partial charge is 0.271 e. The number of aromatic nitrogens is 1. The van der Waals surface area contributed by atoms with Crippen LogP contribution in [0.2, 0.25) is 0 Å². The number of non-ortho nitro benzene ring substituents is 1. The van der Waals surface area contributed by atoms with Crippen LogP contribution in [0.15, 0.2) is 29.6 Å². The van der Waals surface area contributed by atoms with E-state index < -0.39 is 4.92 Å². The van der Waals surface area contributed by atoms with E-state index in [1.807, 2.05) is 0 Å². The van der Waals surface area contributed by atoms with Gasteiger partial charge in [-0.1, -0.05) is 12.1 Å². The van der Waals surface area contributed by atoms with Gasteiger partial charge in [0.2, 0.25) is 0 Å². The predicted molar refractivity (Wildman–Crippen MR) is 79.0 cm³/mol. The summed E-state index contributed by atoms with van der Waals surface area (Å²) in [6.07, 6.45) is 0. The Bertz CT molecular complexity index is 669. The van der Waals surface area contributed by atoms with E-state index in [-0.39, 0.29) is 24.2 Å². The van der Waals surface area contributed by atoms with Gasteiger partial charge in [-0.05, 0) is 12.5 Å². The molecule has 7 nitrogen and oxygen atoms in total. The number of benzene rings is 1. The second kappa shape index (κ2) is 6.42. The Balaban J connectivity index is 2.00. The first-order valence-corrected chi connectivity index (χ1v) is 7.08. The molecule has 2 rings (SSSR count). The van der Waals surface area contributed by atoms with Crippen LogP contribution < -0.4 is 11.1 Å². The van der Waals surface area contributed by atoms with Crippen LogP contribution in [0.1, 0.15) is 34.0 Å². The third-order valence-corrected chi connectivity index (χ3v) is 3.76. The number of nitrogens with zero attached hydrogens (tertiary/aromatic N) is 2. The van der Waals surface area contributed by atoms with Gasteiger partial charge in [0.25, 0.3) is 11.6 Å². The van der Waals surface area contributed by atoms with Gasteiger partial charge in [-0.3, -0.25) is 14.9 Å². The van der Waals surface area contributed by atoms with E-state index in [9.17, 15) is 14.9 Å². The maximum absolute atomic E-state index is 11.9. The largest absolute Gasteiger partial charge is 0.347 e. The van der Waals surface area contributed by atoms with Gasteiger partial charge < -0.3 is 11.1 Å². The molecular formula is C13H14N4O3S. The molecule has 0 fully saturated rings. The van der Waals surface area contributed by atoms with Crippen LogP contribution in [-0.4, -0.2) is 15.8 Å². The van der Waals surface area contributed by atoms with Gasteiger partial charge in [-0.25, -0.2) is 4.98 Å². The highest BCUT2D eigenvalue weighted by Crippen LogP contribution is 2.16. The minimum absolute atomic E-state index is 0.00495. The molecule has 1 unspecified atom stereocenters. The average Bonchev–Trinajstić information content (AvgIpc) is 2.95. The topological polar surface area (TPSA) is 111 Å². The maximum atomic E-state index is 11.9. The highest BCUT2D eigenvalue weighted by molar-refractivity contribution is 7.09. The fourth-order valence-corrected chi connectivity index (χ4v) is 2.41. The molecule has 0 radical (unpaired) electrons. The van der Waals surface area contributed by atoms with E-state index in [1.54, 1.807) is 24.4 Å². The number of thiazole rings is 1. The van der Waals surface area contributed by atoms with Gasteiger partial charge in [0.1, 0.15) is 10.7 Å². The minimum Gasteiger partial charge on any atom is -0.347 e. The summed E-state index contributed by atoms with van der Waals surface area (Å²) in [6.45, 7) is 2.00. The molecule has 21 heavy (non-hydrogen) atoms. The van der Waals surface area contributed by atoms with Crippen LogP contribution in [0.4, 0.5) is 5.69 Å². The lowest BCUT2D eigenvalue weighted by Gasteiger charge is -2.03. The van der Waals surface area contributed by atoms with Gasteiger partial charge in [0, 0.05) is 24.1 Å². The molecule has 110 valence electrons. The molecule has 3 N–H and O–H groups in total. The molecule has 0 aliphatic carbocycles. The van der Waals surface area contributed by atoms with Crippen molar-refractivity contribution < 1.29 is 9.72 Å². The van der Waals surface area contributed by atoms with E-state index in [1.165, 1.54) is 23.5 Å². The van der Waals surface area contributed by atoms with Crippen LogP contribution >= 0.6 is 11.3 Å². The molecule has 0 saturated carbocycles. The maximum Gasteiger partial charge on any atom is 0.271 e. The zero-order valence-electron chi connectivity index (χ0n) is 11.3. The van der Waals surface area contributed by atoms with Crippen molar-refractivity contribution in [3.63, 3.8) is 0 Å². The number of nitro benzene ring substituents is 1. The molecule has 1 atom stereocenters. The number of hydrogen-bond acceptors (Lipinski definition) is 6. The Morgan fingerprint density at radius 1 is 1.57 bits per heavy atom. The normalized spacial score (nSPS) is 11.9. The lowest BCUT2D eigenvalue weighted by Crippen LogP contribution is -2.23. The summed E-state index contributed by atoms with van der Waals surface area (Å²) in [6, 6.07) is 5.90. The molecule has 0 aliphatic heterocycles. The van der Waals surface area contributed by atoms with E-state index in [4.69, 9.17) is 5.73 Å². The first-order valence-electron chi connectivity index (χ1n) is 6.20. The van der Waals surface area contributed by atoms with Crippen LogP contribution in [-0.2, 0) is 6.54 Å². The van der Waals surface area contributed by atoms with E-state index in [0.717, 1.165) is 0 Å². The lowest BCUT2D eigenvalue weighted by molar-refractivity contribution is -0.384. The van der Waals surface area contributed by atoms with Crippen molar-refractivity contribution in [2.45, 2.75) is 19.5 Å². The van der Waals surface area contributed by atoms with E-state index >= 15 is 0 Å². The number of carbonyl (C=O) groups excluding carboxylic acids is 1. The van der Waals surface area contributed by atoms with E-state index in [2.05, 4.69) is 10.3 Å². The van der Waals surface area contributed by atoms with Gasteiger partial charge in [0.15, 0.2) is 0 Å². The quantitative estimate of drug-likeness (QED) is 0.648. The predicted octanol–water partition coefficient (Wildman–Crippen LogP) is 2.00. The number of nitro groups is 1. The second-order valence-electron chi connectivity index (χ2n) is 4.47. The first-order chi connectivity index (χ1) is 9.97. The van der Waals surface area contributed by atoms with Crippen LogP contribution in [0, 0.1) is 10.1 Å². The monoisotopic (exact) mass is 306 g/mol.